The van der Waals surface area contributed by atoms with Crippen LogP contribution in [-0.2, 0) is 6.54 Å². The van der Waals surface area contributed by atoms with Gasteiger partial charge in [0, 0.05) is 18.2 Å². The number of halogens is 1. The molecule has 19 heavy (non-hydrogen) atoms. The average Bonchev–Trinajstić information content (AvgIpc) is 3.25. The van der Waals surface area contributed by atoms with E-state index in [4.69, 9.17) is 4.74 Å². The normalized spacial score (nSPS) is 22.5. The van der Waals surface area contributed by atoms with Crippen molar-refractivity contribution in [3.63, 3.8) is 0 Å². The quantitative estimate of drug-likeness (QED) is 0.818. The maximum absolute atomic E-state index is 14.0. The van der Waals surface area contributed by atoms with Gasteiger partial charge in [0.15, 0.2) is 11.6 Å². The second-order valence-electron chi connectivity index (χ2n) is 5.40. The van der Waals surface area contributed by atoms with Gasteiger partial charge in [-0.15, -0.1) is 0 Å². The van der Waals surface area contributed by atoms with Gasteiger partial charge >= 0.3 is 0 Å². The molecule has 0 aliphatic heterocycles. The van der Waals surface area contributed by atoms with E-state index in [1.54, 1.807) is 6.07 Å². The zero-order valence-electron chi connectivity index (χ0n) is 11.1. The standard InChI is InChI=1S/C16H20FNO/c17-15-8-4-5-12(11-18-13-9-10-13)16(15)19-14-6-2-1-3-7-14/h2,4-6,8,13-14,18H,1,3,7,9-11H2. The second kappa shape index (κ2) is 5.74. The van der Waals surface area contributed by atoms with Gasteiger partial charge in [-0.3, -0.25) is 0 Å². The van der Waals surface area contributed by atoms with Crippen LogP contribution in [0.4, 0.5) is 4.39 Å². The van der Waals surface area contributed by atoms with Crippen molar-refractivity contribution in [2.45, 2.75) is 50.8 Å². The van der Waals surface area contributed by atoms with E-state index in [0.29, 0.717) is 18.3 Å². The number of hydrogen-bond donors (Lipinski definition) is 1. The van der Waals surface area contributed by atoms with E-state index < -0.39 is 0 Å². The first kappa shape index (κ1) is 12.7. The minimum absolute atomic E-state index is 0.0188. The van der Waals surface area contributed by atoms with Crippen LogP contribution in [0.1, 0.15) is 37.7 Å². The van der Waals surface area contributed by atoms with Gasteiger partial charge in [-0.05, 0) is 44.2 Å². The van der Waals surface area contributed by atoms with Crippen molar-refractivity contribution in [1.29, 1.82) is 0 Å². The molecule has 0 aromatic heterocycles. The lowest BCUT2D eigenvalue weighted by atomic mass is 10.1. The molecule has 1 aromatic rings. The summed E-state index contributed by atoms with van der Waals surface area (Å²) in [5.74, 6) is 0.168. The van der Waals surface area contributed by atoms with Gasteiger partial charge < -0.3 is 10.1 Å². The average molecular weight is 261 g/mol. The molecule has 3 rings (SSSR count). The van der Waals surface area contributed by atoms with Crippen LogP contribution >= 0.6 is 0 Å². The van der Waals surface area contributed by atoms with Crippen molar-refractivity contribution in [2.24, 2.45) is 0 Å². The van der Waals surface area contributed by atoms with Gasteiger partial charge in [0.2, 0.25) is 0 Å². The molecular weight excluding hydrogens is 241 g/mol. The first-order valence-electron chi connectivity index (χ1n) is 7.17. The molecule has 2 nitrogen and oxygen atoms in total. The van der Waals surface area contributed by atoms with E-state index in [1.165, 1.54) is 18.9 Å². The molecule has 0 radical (unpaired) electrons. The molecule has 3 heteroatoms. The molecule has 0 spiro atoms. The van der Waals surface area contributed by atoms with Crippen LogP contribution in [0.3, 0.4) is 0 Å². The molecule has 0 heterocycles. The number of hydrogen-bond acceptors (Lipinski definition) is 2. The molecule has 1 unspecified atom stereocenters. The SMILES string of the molecule is Fc1cccc(CNC2CC2)c1OC1C=CCCC1. The lowest BCUT2D eigenvalue weighted by Gasteiger charge is -2.21. The largest absolute Gasteiger partial charge is 0.483 e. The first-order valence-corrected chi connectivity index (χ1v) is 7.17. The highest BCUT2D eigenvalue weighted by Crippen LogP contribution is 2.27. The molecule has 0 saturated heterocycles. The Morgan fingerprint density at radius 2 is 2.16 bits per heavy atom. The number of benzene rings is 1. The highest BCUT2D eigenvalue weighted by Gasteiger charge is 2.22. The second-order valence-corrected chi connectivity index (χ2v) is 5.40. The van der Waals surface area contributed by atoms with Gasteiger partial charge in [-0.2, -0.15) is 0 Å². The maximum atomic E-state index is 14.0. The Morgan fingerprint density at radius 1 is 1.26 bits per heavy atom. The Hall–Kier alpha value is -1.35. The summed E-state index contributed by atoms with van der Waals surface area (Å²) in [6.45, 7) is 0.689. The summed E-state index contributed by atoms with van der Waals surface area (Å²) in [6, 6.07) is 5.79. The third-order valence-electron chi connectivity index (χ3n) is 3.69. The first-order chi connectivity index (χ1) is 9.33. The van der Waals surface area contributed by atoms with Crippen LogP contribution < -0.4 is 10.1 Å². The van der Waals surface area contributed by atoms with Crippen LogP contribution in [0.2, 0.25) is 0 Å². The third-order valence-corrected chi connectivity index (χ3v) is 3.69. The summed E-state index contributed by atoms with van der Waals surface area (Å²) in [6.07, 6.45) is 9.85. The number of ether oxygens (including phenoxy) is 1. The highest BCUT2D eigenvalue weighted by atomic mass is 19.1. The summed E-state index contributed by atoms with van der Waals surface area (Å²) < 4.78 is 19.8. The summed E-state index contributed by atoms with van der Waals surface area (Å²) >= 11 is 0. The summed E-state index contributed by atoms with van der Waals surface area (Å²) in [5, 5.41) is 3.41. The van der Waals surface area contributed by atoms with Crippen molar-refractivity contribution >= 4 is 0 Å². The van der Waals surface area contributed by atoms with Gasteiger partial charge in [-0.1, -0.05) is 18.2 Å². The minimum Gasteiger partial charge on any atom is -0.483 e. The lowest BCUT2D eigenvalue weighted by molar-refractivity contribution is 0.217. The molecule has 2 aliphatic rings. The number of allylic oxidation sites excluding steroid dienone is 1. The summed E-state index contributed by atoms with van der Waals surface area (Å²) in [5.41, 5.74) is 0.922. The van der Waals surface area contributed by atoms with E-state index in [0.717, 1.165) is 24.8 Å². The Morgan fingerprint density at radius 3 is 2.89 bits per heavy atom. The molecule has 1 saturated carbocycles. The van der Waals surface area contributed by atoms with Crippen LogP contribution in [-0.4, -0.2) is 12.1 Å². The van der Waals surface area contributed by atoms with Crippen molar-refractivity contribution in [3.8, 4) is 5.75 Å². The van der Waals surface area contributed by atoms with Crippen LogP contribution in [0.15, 0.2) is 30.4 Å². The van der Waals surface area contributed by atoms with Gasteiger partial charge in [0.1, 0.15) is 6.10 Å². The minimum atomic E-state index is -0.255. The monoisotopic (exact) mass is 261 g/mol. The van der Waals surface area contributed by atoms with Crippen molar-refractivity contribution < 1.29 is 9.13 Å². The van der Waals surface area contributed by atoms with Gasteiger partial charge in [0.25, 0.3) is 0 Å². The molecule has 2 aliphatic carbocycles. The summed E-state index contributed by atoms with van der Waals surface area (Å²) in [4.78, 5) is 0. The highest BCUT2D eigenvalue weighted by molar-refractivity contribution is 5.35. The molecule has 1 N–H and O–H groups in total. The molecule has 102 valence electrons. The van der Waals surface area contributed by atoms with Crippen LogP contribution in [0.25, 0.3) is 0 Å². The molecule has 0 bridgehead atoms. The molecule has 1 aromatic carbocycles. The third kappa shape index (κ3) is 3.35. The smallest absolute Gasteiger partial charge is 0.165 e. The molecular formula is C16H20FNO. The molecule has 0 amide bonds. The molecule has 1 fully saturated rings. The Balaban J connectivity index is 1.72. The van der Waals surface area contributed by atoms with Gasteiger partial charge in [0.05, 0.1) is 0 Å². The Kier molecular flexibility index (Phi) is 3.83. The number of para-hydroxylation sites is 1. The van der Waals surface area contributed by atoms with Crippen molar-refractivity contribution in [2.75, 3.05) is 0 Å². The van der Waals surface area contributed by atoms with Crippen LogP contribution in [0, 0.1) is 5.82 Å². The Labute approximate surface area is 113 Å². The van der Waals surface area contributed by atoms with Crippen molar-refractivity contribution in [3.05, 3.63) is 41.7 Å². The fourth-order valence-corrected chi connectivity index (χ4v) is 2.40. The predicted molar refractivity (Wildman–Crippen MR) is 73.7 cm³/mol. The lowest BCUT2D eigenvalue weighted by Crippen LogP contribution is -2.20. The fraction of sp³-hybridized carbons (Fsp3) is 0.500. The van der Waals surface area contributed by atoms with E-state index in [1.807, 2.05) is 12.1 Å². The predicted octanol–water partition coefficient (Wildman–Crippen LogP) is 3.57. The maximum Gasteiger partial charge on any atom is 0.165 e. The van der Waals surface area contributed by atoms with E-state index in [9.17, 15) is 4.39 Å². The number of nitrogens with one attached hydrogen (secondary N) is 1. The van der Waals surface area contributed by atoms with E-state index in [2.05, 4.69) is 11.4 Å². The Bertz CT molecular complexity index is 468. The number of rotatable bonds is 5. The van der Waals surface area contributed by atoms with Crippen LogP contribution in [0.5, 0.6) is 5.75 Å². The zero-order valence-corrected chi connectivity index (χ0v) is 11.1. The van der Waals surface area contributed by atoms with E-state index in [-0.39, 0.29) is 11.9 Å². The summed E-state index contributed by atoms with van der Waals surface area (Å²) in [7, 11) is 0. The van der Waals surface area contributed by atoms with Crippen molar-refractivity contribution in [1.82, 2.24) is 5.32 Å². The fourth-order valence-electron chi connectivity index (χ4n) is 2.40. The van der Waals surface area contributed by atoms with E-state index >= 15 is 0 Å². The zero-order chi connectivity index (χ0) is 13.1. The molecule has 1 atom stereocenters. The van der Waals surface area contributed by atoms with Gasteiger partial charge in [-0.25, -0.2) is 4.39 Å². The topological polar surface area (TPSA) is 21.3 Å².